The van der Waals surface area contributed by atoms with Crippen LogP contribution in [0.2, 0.25) is 0 Å². The van der Waals surface area contributed by atoms with Crippen LogP contribution in [-0.4, -0.2) is 13.0 Å². The molecule has 1 aromatic carbocycles. The SMILES string of the molecule is COc1c(C(C)(C)C)cc(CCCCl)cc1C(C)(C)C. The van der Waals surface area contributed by atoms with E-state index in [-0.39, 0.29) is 10.8 Å². The van der Waals surface area contributed by atoms with Crippen LogP contribution in [0.4, 0.5) is 0 Å². The lowest BCUT2D eigenvalue weighted by Gasteiger charge is -2.30. The van der Waals surface area contributed by atoms with E-state index in [0.29, 0.717) is 5.88 Å². The quantitative estimate of drug-likeness (QED) is 0.670. The second-order valence-electron chi connectivity index (χ2n) is 7.52. The Labute approximate surface area is 129 Å². The van der Waals surface area contributed by atoms with Gasteiger partial charge in [0.05, 0.1) is 7.11 Å². The fraction of sp³-hybridized carbons (Fsp3) is 0.667. The maximum Gasteiger partial charge on any atom is 0.126 e. The van der Waals surface area contributed by atoms with Gasteiger partial charge in [-0.25, -0.2) is 0 Å². The second kappa shape index (κ2) is 6.39. The third kappa shape index (κ3) is 4.15. The first-order valence-corrected chi connectivity index (χ1v) is 7.92. The molecule has 1 rings (SSSR count). The Morgan fingerprint density at radius 1 is 0.950 bits per heavy atom. The predicted molar refractivity (Wildman–Crippen MR) is 89.4 cm³/mol. The van der Waals surface area contributed by atoms with Gasteiger partial charge in [-0.1, -0.05) is 53.7 Å². The van der Waals surface area contributed by atoms with Gasteiger partial charge < -0.3 is 4.74 Å². The molecule has 1 nitrogen and oxygen atoms in total. The van der Waals surface area contributed by atoms with Gasteiger partial charge in [0, 0.05) is 17.0 Å². The van der Waals surface area contributed by atoms with Gasteiger partial charge in [0.15, 0.2) is 0 Å². The molecular formula is C18H29ClO. The van der Waals surface area contributed by atoms with Gasteiger partial charge in [-0.2, -0.15) is 0 Å². The first-order valence-electron chi connectivity index (χ1n) is 7.39. The Kier molecular flexibility index (Phi) is 5.54. The van der Waals surface area contributed by atoms with E-state index in [2.05, 4.69) is 53.7 Å². The van der Waals surface area contributed by atoms with Crippen molar-refractivity contribution in [2.24, 2.45) is 0 Å². The van der Waals surface area contributed by atoms with Gasteiger partial charge in [0.1, 0.15) is 5.75 Å². The van der Waals surface area contributed by atoms with Crippen LogP contribution in [0.15, 0.2) is 12.1 Å². The lowest BCUT2D eigenvalue weighted by Crippen LogP contribution is -2.19. The number of hydrogen-bond acceptors (Lipinski definition) is 1. The Bertz CT molecular complexity index is 414. The van der Waals surface area contributed by atoms with Crippen molar-refractivity contribution in [3.8, 4) is 5.75 Å². The monoisotopic (exact) mass is 296 g/mol. The van der Waals surface area contributed by atoms with Gasteiger partial charge in [0.2, 0.25) is 0 Å². The second-order valence-corrected chi connectivity index (χ2v) is 7.89. The molecule has 0 amide bonds. The minimum absolute atomic E-state index is 0.0717. The van der Waals surface area contributed by atoms with E-state index in [1.54, 1.807) is 7.11 Å². The third-order valence-corrected chi connectivity index (χ3v) is 3.84. The largest absolute Gasteiger partial charge is 0.496 e. The van der Waals surface area contributed by atoms with Crippen LogP contribution >= 0.6 is 11.6 Å². The zero-order valence-electron chi connectivity index (χ0n) is 14.1. The van der Waals surface area contributed by atoms with E-state index in [1.165, 1.54) is 16.7 Å². The summed E-state index contributed by atoms with van der Waals surface area (Å²) < 4.78 is 5.76. The Hall–Kier alpha value is -0.690. The summed E-state index contributed by atoms with van der Waals surface area (Å²) in [6.07, 6.45) is 2.04. The number of benzene rings is 1. The van der Waals surface area contributed by atoms with Crippen LogP contribution in [-0.2, 0) is 17.3 Å². The standard InChI is InChI=1S/C18H29ClO/c1-17(2,3)14-11-13(9-8-10-19)12-15(16(14)20-7)18(4,5)6/h11-12H,8-10H2,1-7H3. The highest BCUT2D eigenvalue weighted by Crippen LogP contribution is 2.40. The highest BCUT2D eigenvalue weighted by Gasteiger charge is 2.27. The molecule has 0 N–H and O–H groups in total. The third-order valence-electron chi connectivity index (χ3n) is 3.57. The minimum atomic E-state index is 0.0717. The summed E-state index contributed by atoms with van der Waals surface area (Å²) in [4.78, 5) is 0. The number of halogens is 1. The number of alkyl halides is 1. The fourth-order valence-corrected chi connectivity index (χ4v) is 2.57. The maximum atomic E-state index is 5.84. The summed E-state index contributed by atoms with van der Waals surface area (Å²) in [5.74, 6) is 1.75. The van der Waals surface area contributed by atoms with Crippen molar-refractivity contribution < 1.29 is 4.74 Å². The van der Waals surface area contributed by atoms with Crippen molar-refractivity contribution in [3.05, 3.63) is 28.8 Å². The van der Waals surface area contributed by atoms with E-state index in [4.69, 9.17) is 16.3 Å². The summed E-state index contributed by atoms with van der Waals surface area (Å²) in [7, 11) is 1.78. The molecule has 0 unspecified atom stereocenters. The van der Waals surface area contributed by atoms with Crippen LogP contribution in [0.25, 0.3) is 0 Å². The van der Waals surface area contributed by atoms with Crippen molar-refractivity contribution >= 4 is 11.6 Å². The van der Waals surface area contributed by atoms with E-state index in [0.717, 1.165) is 18.6 Å². The maximum absolute atomic E-state index is 5.84. The molecule has 1 aromatic rings. The highest BCUT2D eigenvalue weighted by molar-refractivity contribution is 6.17. The smallest absolute Gasteiger partial charge is 0.126 e. The number of hydrogen-bond donors (Lipinski definition) is 0. The molecular weight excluding hydrogens is 268 g/mol. The summed E-state index contributed by atoms with van der Waals surface area (Å²) >= 11 is 5.84. The fourth-order valence-electron chi connectivity index (χ4n) is 2.44. The van der Waals surface area contributed by atoms with Crippen LogP contribution in [0.5, 0.6) is 5.75 Å². The molecule has 0 aliphatic carbocycles. The highest BCUT2D eigenvalue weighted by atomic mass is 35.5. The van der Waals surface area contributed by atoms with Crippen molar-refractivity contribution in [3.63, 3.8) is 0 Å². The lowest BCUT2D eigenvalue weighted by molar-refractivity contribution is 0.381. The number of rotatable bonds is 4. The molecule has 0 heterocycles. The van der Waals surface area contributed by atoms with Gasteiger partial charge in [-0.15, -0.1) is 11.6 Å². The molecule has 0 saturated heterocycles. The summed E-state index contributed by atoms with van der Waals surface area (Å²) in [6.45, 7) is 13.4. The molecule has 0 spiro atoms. The normalized spacial score (nSPS) is 12.6. The molecule has 0 fully saturated rings. The van der Waals surface area contributed by atoms with Crippen molar-refractivity contribution in [1.29, 1.82) is 0 Å². The van der Waals surface area contributed by atoms with Crippen molar-refractivity contribution in [2.75, 3.05) is 13.0 Å². The van der Waals surface area contributed by atoms with Crippen LogP contribution in [0, 0.1) is 0 Å². The van der Waals surface area contributed by atoms with Gasteiger partial charge in [-0.05, 0) is 29.2 Å². The van der Waals surface area contributed by atoms with E-state index >= 15 is 0 Å². The average Bonchev–Trinajstić information content (AvgIpc) is 2.32. The molecule has 20 heavy (non-hydrogen) atoms. The minimum Gasteiger partial charge on any atom is -0.496 e. The zero-order valence-corrected chi connectivity index (χ0v) is 14.8. The lowest BCUT2D eigenvalue weighted by atomic mass is 9.78. The summed E-state index contributed by atoms with van der Waals surface area (Å²) in [6, 6.07) is 4.58. The molecule has 0 aliphatic rings. The van der Waals surface area contributed by atoms with E-state index in [9.17, 15) is 0 Å². The predicted octanol–water partition coefficient (Wildman–Crippen LogP) is 5.46. The molecule has 0 aromatic heterocycles. The molecule has 0 bridgehead atoms. The molecule has 2 heteroatoms. The topological polar surface area (TPSA) is 9.23 Å². The number of aryl methyl sites for hydroxylation is 1. The van der Waals surface area contributed by atoms with Gasteiger partial charge >= 0.3 is 0 Å². The van der Waals surface area contributed by atoms with Crippen molar-refractivity contribution in [2.45, 2.75) is 65.2 Å². The summed E-state index contributed by atoms with van der Waals surface area (Å²) in [5, 5.41) is 0. The molecule has 0 atom stereocenters. The van der Waals surface area contributed by atoms with E-state index in [1.807, 2.05) is 0 Å². The van der Waals surface area contributed by atoms with Crippen LogP contribution in [0.1, 0.15) is 64.7 Å². The molecule has 114 valence electrons. The average molecular weight is 297 g/mol. The number of methoxy groups -OCH3 is 1. The molecule has 0 saturated carbocycles. The zero-order chi connectivity index (χ0) is 15.6. The molecule has 0 aliphatic heterocycles. The van der Waals surface area contributed by atoms with Crippen LogP contribution < -0.4 is 4.74 Å². The van der Waals surface area contributed by atoms with Gasteiger partial charge in [0.25, 0.3) is 0 Å². The summed E-state index contributed by atoms with van der Waals surface area (Å²) in [5.41, 5.74) is 4.08. The van der Waals surface area contributed by atoms with Crippen LogP contribution in [0.3, 0.4) is 0 Å². The number of ether oxygens (including phenoxy) is 1. The Balaban J connectivity index is 3.48. The Morgan fingerprint density at radius 2 is 1.40 bits per heavy atom. The van der Waals surface area contributed by atoms with Crippen molar-refractivity contribution in [1.82, 2.24) is 0 Å². The molecule has 0 radical (unpaired) electrons. The first kappa shape index (κ1) is 17.4. The van der Waals surface area contributed by atoms with E-state index < -0.39 is 0 Å². The van der Waals surface area contributed by atoms with Gasteiger partial charge in [-0.3, -0.25) is 0 Å². The first-order chi connectivity index (χ1) is 9.11. The Morgan fingerprint density at radius 3 is 1.70 bits per heavy atom.